The fraction of sp³-hybridized carbons (Fsp3) is 0.375. The molecule has 0 spiro atoms. The number of aromatic nitrogens is 1. The minimum atomic E-state index is -1.22. The van der Waals surface area contributed by atoms with Crippen LogP contribution < -0.4 is 0 Å². The largest absolute Gasteiger partial charge is 0.386 e. The van der Waals surface area contributed by atoms with E-state index < -0.39 is 11.5 Å². The molecule has 0 aliphatic carbocycles. The third kappa shape index (κ3) is 1.93. The summed E-state index contributed by atoms with van der Waals surface area (Å²) in [5.41, 5.74) is -1.08. The van der Waals surface area contributed by atoms with E-state index in [4.69, 9.17) is 11.6 Å². The molecule has 2 nitrogen and oxygen atoms in total. The topological polar surface area (TPSA) is 33.1 Å². The van der Waals surface area contributed by atoms with E-state index in [0.717, 1.165) is 0 Å². The van der Waals surface area contributed by atoms with Gasteiger partial charge in [-0.1, -0.05) is 11.6 Å². The van der Waals surface area contributed by atoms with Crippen molar-refractivity contribution in [2.75, 3.05) is 0 Å². The van der Waals surface area contributed by atoms with Gasteiger partial charge >= 0.3 is 0 Å². The zero-order chi connectivity index (χ0) is 9.35. The average Bonchev–Trinajstić information content (AvgIpc) is 1.83. The lowest BCUT2D eigenvalue weighted by atomic mass is 10.0. The van der Waals surface area contributed by atoms with E-state index in [-0.39, 0.29) is 10.7 Å². The van der Waals surface area contributed by atoms with Gasteiger partial charge in [0.05, 0.1) is 5.60 Å². The summed E-state index contributed by atoms with van der Waals surface area (Å²) in [6.07, 6.45) is 0. The summed E-state index contributed by atoms with van der Waals surface area (Å²) in [7, 11) is 0. The van der Waals surface area contributed by atoms with Crippen LogP contribution in [0.4, 0.5) is 4.39 Å². The third-order valence-corrected chi connectivity index (χ3v) is 1.68. The minimum absolute atomic E-state index is 0.0838. The van der Waals surface area contributed by atoms with Crippen LogP contribution in [0.1, 0.15) is 19.4 Å². The molecule has 0 amide bonds. The van der Waals surface area contributed by atoms with Crippen molar-refractivity contribution < 1.29 is 9.50 Å². The van der Waals surface area contributed by atoms with Crippen molar-refractivity contribution in [3.05, 3.63) is 28.8 Å². The summed E-state index contributed by atoms with van der Waals surface area (Å²) < 4.78 is 13.0. The number of aliphatic hydroxyl groups is 1. The molecular formula is C8H9ClFNO. The summed E-state index contributed by atoms with van der Waals surface area (Å²) in [5.74, 6) is -0.727. The normalized spacial score (nSPS) is 11.8. The summed E-state index contributed by atoms with van der Waals surface area (Å²) >= 11 is 5.43. The van der Waals surface area contributed by atoms with Gasteiger partial charge in [-0.25, -0.2) is 4.98 Å². The first-order valence-electron chi connectivity index (χ1n) is 3.46. The fourth-order valence-corrected chi connectivity index (χ4v) is 1.01. The van der Waals surface area contributed by atoms with Gasteiger partial charge in [-0.05, 0) is 26.0 Å². The second-order valence-electron chi connectivity index (χ2n) is 3.03. The summed E-state index contributed by atoms with van der Waals surface area (Å²) in [6.45, 7) is 2.97. The molecule has 0 bridgehead atoms. The highest BCUT2D eigenvalue weighted by atomic mass is 35.5. The van der Waals surface area contributed by atoms with Crippen molar-refractivity contribution >= 4 is 11.6 Å². The number of pyridine rings is 1. The predicted octanol–water partition coefficient (Wildman–Crippen LogP) is 2.10. The highest BCUT2D eigenvalue weighted by molar-refractivity contribution is 6.29. The standard InChI is InChI=1S/C8H9ClFNO/c1-8(2,12)5-3-4-6(9)11-7(5)10/h3-4,12H,1-2H3. The molecule has 1 aromatic heterocycles. The van der Waals surface area contributed by atoms with Gasteiger partial charge in [-0.3, -0.25) is 0 Å². The Balaban J connectivity index is 3.19. The highest BCUT2D eigenvalue weighted by Crippen LogP contribution is 2.22. The molecule has 12 heavy (non-hydrogen) atoms. The van der Waals surface area contributed by atoms with Crippen LogP contribution in [0.3, 0.4) is 0 Å². The molecule has 1 heterocycles. The van der Waals surface area contributed by atoms with Crippen molar-refractivity contribution in [3.8, 4) is 0 Å². The van der Waals surface area contributed by atoms with E-state index in [1.165, 1.54) is 26.0 Å². The smallest absolute Gasteiger partial charge is 0.220 e. The molecule has 1 N–H and O–H groups in total. The minimum Gasteiger partial charge on any atom is -0.386 e. The van der Waals surface area contributed by atoms with Gasteiger partial charge in [0.25, 0.3) is 0 Å². The van der Waals surface area contributed by atoms with E-state index in [2.05, 4.69) is 4.98 Å². The average molecular weight is 190 g/mol. The van der Waals surface area contributed by atoms with Crippen LogP contribution in [0.2, 0.25) is 5.15 Å². The van der Waals surface area contributed by atoms with Crippen molar-refractivity contribution in [3.63, 3.8) is 0 Å². The van der Waals surface area contributed by atoms with Gasteiger partial charge in [0.15, 0.2) is 0 Å². The van der Waals surface area contributed by atoms with E-state index in [1.54, 1.807) is 0 Å². The van der Waals surface area contributed by atoms with Gasteiger partial charge in [0.1, 0.15) is 5.15 Å². The van der Waals surface area contributed by atoms with Crippen LogP contribution in [0, 0.1) is 5.95 Å². The van der Waals surface area contributed by atoms with Crippen molar-refractivity contribution in [1.29, 1.82) is 0 Å². The molecule has 0 radical (unpaired) electrons. The lowest BCUT2D eigenvalue weighted by Gasteiger charge is -2.17. The molecule has 1 rings (SSSR count). The SMILES string of the molecule is CC(C)(O)c1ccc(Cl)nc1F. The Morgan fingerprint density at radius 1 is 1.50 bits per heavy atom. The maximum Gasteiger partial charge on any atom is 0.220 e. The second-order valence-corrected chi connectivity index (χ2v) is 3.42. The van der Waals surface area contributed by atoms with Gasteiger partial charge in [0.2, 0.25) is 5.95 Å². The quantitative estimate of drug-likeness (QED) is 0.687. The number of hydrogen-bond donors (Lipinski definition) is 1. The number of hydrogen-bond acceptors (Lipinski definition) is 2. The molecule has 0 aromatic carbocycles. The zero-order valence-corrected chi connectivity index (χ0v) is 7.56. The molecule has 66 valence electrons. The van der Waals surface area contributed by atoms with Crippen molar-refractivity contribution in [2.24, 2.45) is 0 Å². The Hall–Kier alpha value is -0.670. The Morgan fingerprint density at radius 2 is 2.08 bits per heavy atom. The molecular weight excluding hydrogens is 181 g/mol. The molecule has 0 atom stereocenters. The molecule has 4 heteroatoms. The van der Waals surface area contributed by atoms with Crippen LogP contribution in [0.15, 0.2) is 12.1 Å². The van der Waals surface area contributed by atoms with E-state index >= 15 is 0 Å². The number of halogens is 2. The van der Waals surface area contributed by atoms with E-state index in [1.807, 2.05) is 0 Å². The van der Waals surface area contributed by atoms with E-state index in [0.29, 0.717) is 0 Å². The lowest BCUT2D eigenvalue weighted by Crippen LogP contribution is -2.18. The summed E-state index contributed by atoms with van der Waals surface area (Å²) in [6, 6.07) is 2.86. The molecule has 0 aliphatic rings. The molecule has 0 saturated heterocycles. The van der Waals surface area contributed by atoms with Gasteiger partial charge in [-0.2, -0.15) is 4.39 Å². The van der Waals surface area contributed by atoms with E-state index in [9.17, 15) is 9.50 Å². The molecule has 0 fully saturated rings. The summed E-state index contributed by atoms with van der Waals surface area (Å²) in [5, 5.41) is 9.52. The van der Waals surface area contributed by atoms with Crippen LogP contribution in [-0.4, -0.2) is 10.1 Å². The Bertz CT molecular complexity index is 296. The zero-order valence-electron chi connectivity index (χ0n) is 6.81. The Kier molecular flexibility index (Phi) is 2.35. The third-order valence-electron chi connectivity index (χ3n) is 1.47. The van der Waals surface area contributed by atoms with Crippen molar-refractivity contribution in [1.82, 2.24) is 4.98 Å². The van der Waals surface area contributed by atoms with Gasteiger partial charge in [0, 0.05) is 5.56 Å². The molecule has 0 unspecified atom stereocenters. The Labute approximate surface area is 75.0 Å². The second kappa shape index (κ2) is 2.99. The lowest BCUT2D eigenvalue weighted by molar-refractivity contribution is 0.0736. The predicted molar refractivity (Wildman–Crippen MR) is 44.4 cm³/mol. The van der Waals surface area contributed by atoms with Gasteiger partial charge < -0.3 is 5.11 Å². The Morgan fingerprint density at radius 3 is 2.50 bits per heavy atom. The first-order valence-corrected chi connectivity index (χ1v) is 3.84. The highest BCUT2D eigenvalue weighted by Gasteiger charge is 2.21. The summed E-state index contributed by atoms with van der Waals surface area (Å²) in [4.78, 5) is 3.38. The number of rotatable bonds is 1. The monoisotopic (exact) mass is 189 g/mol. The molecule has 1 aromatic rings. The van der Waals surface area contributed by atoms with Crippen LogP contribution in [0.5, 0.6) is 0 Å². The van der Waals surface area contributed by atoms with Crippen LogP contribution >= 0.6 is 11.6 Å². The molecule has 0 saturated carbocycles. The first kappa shape index (κ1) is 9.42. The molecule has 0 aliphatic heterocycles. The maximum atomic E-state index is 13.0. The first-order chi connectivity index (χ1) is 5.41. The fourth-order valence-electron chi connectivity index (χ4n) is 0.868. The van der Waals surface area contributed by atoms with Crippen LogP contribution in [-0.2, 0) is 5.60 Å². The van der Waals surface area contributed by atoms with Crippen LogP contribution in [0.25, 0.3) is 0 Å². The van der Waals surface area contributed by atoms with Gasteiger partial charge in [-0.15, -0.1) is 0 Å². The maximum absolute atomic E-state index is 13.0. The van der Waals surface area contributed by atoms with Crippen molar-refractivity contribution in [2.45, 2.75) is 19.4 Å². The number of nitrogens with zero attached hydrogens (tertiary/aromatic N) is 1.